The fourth-order valence-corrected chi connectivity index (χ4v) is 8.19. The van der Waals surface area contributed by atoms with Gasteiger partial charge >= 0.3 is 0 Å². The fraction of sp³-hybridized carbons (Fsp3) is 0.606. The first kappa shape index (κ1) is 28.6. The van der Waals surface area contributed by atoms with Gasteiger partial charge < -0.3 is 19.7 Å². The fourth-order valence-electron chi connectivity index (χ4n) is 8.19. The minimum Gasteiger partial charge on any atom is -0.490 e. The molecule has 0 amide bonds. The zero-order valence-corrected chi connectivity index (χ0v) is 24.9. The van der Waals surface area contributed by atoms with Crippen LogP contribution in [-0.4, -0.2) is 60.2 Å². The number of ether oxygens (including phenoxy) is 1. The Balaban J connectivity index is 1.34. The second-order valence-electron chi connectivity index (χ2n) is 12.8. The second-order valence-corrected chi connectivity index (χ2v) is 12.8. The topological polar surface area (TPSA) is 83.7 Å². The minimum atomic E-state index is -1.27. The van der Waals surface area contributed by atoms with Crippen LogP contribution in [0.5, 0.6) is 5.75 Å². The number of carbonyl (C=O) groups excluding carboxylic acids is 1. The maximum Gasteiger partial charge on any atom is 0.164 e. The Morgan fingerprint density at radius 3 is 2.60 bits per heavy atom. The van der Waals surface area contributed by atoms with Gasteiger partial charge in [-0.3, -0.25) is 4.79 Å². The van der Waals surface area contributed by atoms with Gasteiger partial charge in [0.15, 0.2) is 12.4 Å². The molecule has 0 aliphatic heterocycles. The molecule has 0 heterocycles. The predicted molar refractivity (Wildman–Crippen MR) is 158 cm³/mol. The number of fused-ring (bicyclic) bond motifs is 5. The molecule has 6 atom stereocenters. The SMILES string of the molecule is CCC(=O)[C@@]1(O)CC[C@H]2[C@@H]3CCC4=C/C(=N/OCCOc5ccc(C)cc5)C=C[C@]4(C)[C@H]3/C(=N/N(C)C)C[C@@]21C. The van der Waals surface area contributed by atoms with Gasteiger partial charge in [0.05, 0.1) is 0 Å². The smallest absolute Gasteiger partial charge is 0.164 e. The lowest BCUT2D eigenvalue weighted by molar-refractivity contribution is -0.153. The van der Waals surface area contributed by atoms with E-state index >= 15 is 0 Å². The lowest BCUT2D eigenvalue weighted by Gasteiger charge is -2.58. The Morgan fingerprint density at radius 1 is 1.15 bits per heavy atom. The third-order valence-corrected chi connectivity index (χ3v) is 10.2. The lowest BCUT2D eigenvalue weighted by Crippen LogP contribution is -2.60. The molecule has 7 heteroatoms. The van der Waals surface area contributed by atoms with Crippen molar-refractivity contribution in [3.63, 3.8) is 0 Å². The van der Waals surface area contributed by atoms with E-state index in [1.807, 2.05) is 50.3 Å². The van der Waals surface area contributed by atoms with Gasteiger partial charge in [0.1, 0.15) is 23.7 Å². The molecule has 1 aromatic carbocycles. The van der Waals surface area contributed by atoms with Crippen LogP contribution in [0, 0.1) is 35.5 Å². The molecule has 3 fully saturated rings. The summed E-state index contributed by atoms with van der Waals surface area (Å²) in [6.07, 6.45) is 11.0. The van der Waals surface area contributed by atoms with Gasteiger partial charge in [-0.05, 0) is 75.1 Å². The van der Waals surface area contributed by atoms with Crippen molar-refractivity contribution in [3.8, 4) is 5.75 Å². The molecule has 1 N–H and O–H groups in total. The molecule has 40 heavy (non-hydrogen) atoms. The first-order valence-corrected chi connectivity index (χ1v) is 14.8. The van der Waals surface area contributed by atoms with Gasteiger partial charge in [0, 0.05) is 43.0 Å². The summed E-state index contributed by atoms with van der Waals surface area (Å²) in [5, 5.41) is 23.1. The van der Waals surface area contributed by atoms with E-state index in [1.54, 1.807) is 0 Å². The molecule has 3 saturated carbocycles. The molecule has 0 saturated heterocycles. The van der Waals surface area contributed by atoms with Crippen LogP contribution in [0.2, 0.25) is 0 Å². The number of oxime groups is 1. The van der Waals surface area contributed by atoms with Crippen LogP contribution in [0.15, 0.2) is 58.3 Å². The van der Waals surface area contributed by atoms with E-state index in [2.05, 4.69) is 44.2 Å². The number of hydrazone groups is 1. The Labute approximate surface area is 239 Å². The summed E-state index contributed by atoms with van der Waals surface area (Å²) in [7, 11) is 3.91. The normalized spacial score (nSPS) is 36.5. The van der Waals surface area contributed by atoms with Crippen LogP contribution in [0.4, 0.5) is 0 Å². The molecular weight excluding hydrogens is 502 g/mol. The van der Waals surface area contributed by atoms with E-state index in [1.165, 1.54) is 11.1 Å². The molecule has 5 rings (SSSR count). The van der Waals surface area contributed by atoms with Gasteiger partial charge in [-0.1, -0.05) is 55.3 Å². The molecule has 4 aliphatic rings. The highest BCUT2D eigenvalue weighted by Crippen LogP contribution is 2.66. The van der Waals surface area contributed by atoms with Gasteiger partial charge in [-0.2, -0.15) is 5.10 Å². The summed E-state index contributed by atoms with van der Waals surface area (Å²) >= 11 is 0. The Kier molecular flexibility index (Phi) is 7.73. The molecule has 0 bridgehead atoms. The van der Waals surface area contributed by atoms with E-state index in [0.717, 1.165) is 36.4 Å². The number of hydrogen-bond donors (Lipinski definition) is 1. The highest BCUT2D eigenvalue weighted by molar-refractivity contribution is 6.06. The molecule has 216 valence electrons. The van der Waals surface area contributed by atoms with E-state index in [-0.39, 0.29) is 23.0 Å². The Hall–Kier alpha value is -2.93. The van der Waals surface area contributed by atoms with Crippen molar-refractivity contribution in [2.75, 3.05) is 27.3 Å². The number of nitrogens with zero attached hydrogens (tertiary/aromatic N) is 3. The molecular formula is C33H45N3O4. The van der Waals surface area contributed by atoms with Crippen molar-refractivity contribution in [1.29, 1.82) is 0 Å². The van der Waals surface area contributed by atoms with Crippen molar-refractivity contribution in [2.45, 2.75) is 71.8 Å². The number of ketones is 1. The van der Waals surface area contributed by atoms with Crippen LogP contribution >= 0.6 is 0 Å². The van der Waals surface area contributed by atoms with Crippen molar-refractivity contribution in [2.24, 2.45) is 38.8 Å². The largest absolute Gasteiger partial charge is 0.490 e. The number of benzene rings is 1. The molecule has 7 nitrogen and oxygen atoms in total. The first-order chi connectivity index (χ1) is 19.0. The summed E-state index contributed by atoms with van der Waals surface area (Å²) in [5.41, 5.74) is 2.51. The predicted octanol–water partition coefficient (Wildman–Crippen LogP) is 5.72. The first-order valence-electron chi connectivity index (χ1n) is 14.8. The second kappa shape index (κ2) is 10.8. The highest BCUT2D eigenvalue weighted by atomic mass is 16.6. The molecule has 0 radical (unpaired) electrons. The maximum atomic E-state index is 13.1. The number of hydrogen-bond acceptors (Lipinski definition) is 7. The van der Waals surface area contributed by atoms with Crippen molar-refractivity contribution in [1.82, 2.24) is 5.01 Å². The molecule has 0 unspecified atom stereocenters. The summed E-state index contributed by atoms with van der Waals surface area (Å²) in [4.78, 5) is 18.7. The summed E-state index contributed by atoms with van der Waals surface area (Å²) in [5.74, 6) is 1.67. The van der Waals surface area contributed by atoms with Gasteiger partial charge in [0.2, 0.25) is 0 Å². The van der Waals surface area contributed by atoms with Gasteiger partial charge in [0.25, 0.3) is 0 Å². The average molecular weight is 548 g/mol. The number of aryl methyl sites for hydroxylation is 1. The number of rotatable bonds is 8. The highest BCUT2D eigenvalue weighted by Gasteiger charge is 2.67. The van der Waals surface area contributed by atoms with Crippen LogP contribution in [0.1, 0.15) is 64.9 Å². The Bertz CT molecular complexity index is 1250. The quantitative estimate of drug-likeness (QED) is 0.332. The standard InChI is InChI=1S/C33H45N3O4/c1-7-29(37)33(38)17-15-27-26-13-10-23-20-24(35-40-19-18-39-25-11-8-22(2)9-12-25)14-16-31(23,3)30(26)28(34-36(5)6)21-32(27,33)4/h8-9,11-12,14,16,20,26-27,30,38H,7,10,13,15,17-19,21H2,1-6H3/b34-28+,35-24+/t26-,27-,30+,31-,32-,33-/m0/s1. The summed E-state index contributed by atoms with van der Waals surface area (Å²) < 4.78 is 5.75. The maximum absolute atomic E-state index is 13.1. The molecule has 0 spiro atoms. The van der Waals surface area contributed by atoms with Crippen LogP contribution in [0.25, 0.3) is 0 Å². The van der Waals surface area contributed by atoms with Crippen molar-refractivity contribution >= 4 is 17.2 Å². The number of Topliss-reactive ketones (excluding diaryl/α,β-unsaturated/α-hetero) is 1. The third-order valence-electron chi connectivity index (χ3n) is 10.2. The lowest BCUT2D eigenvalue weighted by atomic mass is 9.46. The number of aliphatic hydroxyl groups is 1. The summed E-state index contributed by atoms with van der Waals surface area (Å²) in [6, 6.07) is 7.98. The average Bonchev–Trinajstić information content (AvgIpc) is 3.19. The molecule has 1 aromatic rings. The number of allylic oxidation sites excluding steroid dienone is 4. The van der Waals surface area contributed by atoms with Crippen molar-refractivity contribution in [3.05, 3.63) is 53.6 Å². The van der Waals surface area contributed by atoms with Gasteiger partial charge in [-0.25, -0.2) is 0 Å². The summed E-state index contributed by atoms with van der Waals surface area (Å²) in [6.45, 7) is 9.19. The van der Waals surface area contributed by atoms with E-state index < -0.39 is 11.0 Å². The third kappa shape index (κ3) is 4.80. The number of carbonyl (C=O) groups is 1. The zero-order chi connectivity index (χ0) is 28.7. The van der Waals surface area contributed by atoms with E-state index in [4.69, 9.17) is 14.7 Å². The Morgan fingerprint density at radius 2 is 1.90 bits per heavy atom. The molecule has 0 aromatic heterocycles. The zero-order valence-electron chi connectivity index (χ0n) is 24.9. The van der Waals surface area contributed by atoms with Crippen molar-refractivity contribution < 1.29 is 19.5 Å². The van der Waals surface area contributed by atoms with Crippen LogP contribution in [-0.2, 0) is 9.63 Å². The van der Waals surface area contributed by atoms with Gasteiger partial charge in [-0.15, -0.1) is 0 Å². The molecule has 4 aliphatic carbocycles. The van der Waals surface area contributed by atoms with E-state index in [0.29, 0.717) is 38.4 Å². The minimum absolute atomic E-state index is 0.0227. The van der Waals surface area contributed by atoms with E-state index in [9.17, 15) is 9.90 Å². The van der Waals surface area contributed by atoms with Crippen LogP contribution < -0.4 is 4.74 Å². The monoisotopic (exact) mass is 547 g/mol. The van der Waals surface area contributed by atoms with Crippen LogP contribution in [0.3, 0.4) is 0 Å².